The van der Waals surface area contributed by atoms with Crippen molar-refractivity contribution in [2.24, 2.45) is 0 Å². The van der Waals surface area contributed by atoms with Crippen molar-refractivity contribution in [1.29, 1.82) is 0 Å². The molecule has 1 saturated carbocycles. The Hall–Kier alpha value is -2.15. The normalized spacial score (nSPS) is 15.3. The topological polar surface area (TPSA) is 77.3 Å². The van der Waals surface area contributed by atoms with Gasteiger partial charge in [-0.3, -0.25) is 4.79 Å². The molecule has 0 bridgehead atoms. The molecule has 27 heavy (non-hydrogen) atoms. The lowest BCUT2D eigenvalue weighted by molar-refractivity contribution is 0.0246. The van der Waals surface area contributed by atoms with Crippen molar-refractivity contribution in [2.45, 2.75) is 65.0 Å². The summed E-state index contributed by atoms with van der Waals surface area (Å²) in [6, 6.07) is 1.89. The van der Waals surface area contributed by atoms with E-state index in [4.69, 9.17) is 16.3 Å². The van der Waals surface area contributed by atoms with E-state index in [0.717, 1.165) is 36.0 Å². The van der Waals surface area contributed by atoms with E-state index in [1.165, 1.54) is 0 Å². The summed E-state index contributed by atoms with van der Waals surface area (Å²) in [5, 5.41) is 0.869. The smallest absolute Gasteiger partial charge is 0.417 e. The third-order valence-electron chi connectivity index (χ3n) is 4.63. The Balaban J connectivity index is 2.05. The molecule has 0 atom stereocenters. The molecule has 7 nitrogen and oxygen atoms in total. The highest BCUT2D eigenvalue weighted by molar-refractivity contribution is 6.28. The molecule has 0 radical (unpaired) electrons. The number of nitrogens with zero attached hydrogens (tertiary/aromatic N) is 4. The third-order valence-corrected chi connectivity index (χ3v) is 4.81. The summed E-state index contributed by atoms with van der Waals surface area (Å²) in [5.41, 5.74) is 0.369. The summed E-state index contributed by atoms with van der Waals surface area (Å²) < 4.78 is 7.32. The Kier molecular flexibility index (Phi) is 5.42. The van der Waals surface area contributed by atoms with Gasteiger partial charge in [-0.05, 0) is 58.2 Å². The number of carbonyl (C=O) groups excluding carboxylic acids is 2. The fraction of sp³-hybridized carbons (Fsp3) is 0.579. The number of imide groups is 1. The zero-order valence-corrected chi connectivity index (χ0v) is 16.9. The van der Waals surface area contributed by atoms with Gasteiger partial charge < -0.3 is 9.30 Å². The SMILES string of the molecule is CCN(C(=O)OC(C)(C)C)C(=O)c1cc2cnc(Cl)nc2n1C1CCCC1. The van der Waals surface area contributed by atoms with E-state index in [1.54, 1.807) is 40.0 Å². The third kappa shape index (κ3) is 4.08. The summed E-state index contributed by atoms with van der Waals surface area (Å²) in [4.78, 5) is 35.3. The van der Waals surface area contributed by atoms with Gasteiger partial charge in [0.2, 0.25) is 5.28 Å². The van der Waals surface area contributed by atoms with E-state index in [2.05, 4.69) is 9.97 Å². The number of halogens is 1. The first kappa shape index (κ1) is 19.6. The number of aromatic nitrogens is 3. The summed E-state index contributed by atoms with van der Waals surface area (Å²) in [7, 11) is 0. The summed E-state index contributed by atoms with van der Waals surface area (Å²) in [5.74, 6) is -0.396. The lowest BCUT2D eigenvalue weighted by Crippen LogP contribution is -2.41. The molecule has 1 aliphatic carbocycles. The van der Waals surface area contributed by atoms with E-state index in [9.17, 15) is 9.59 Å². The predicted octanol–water partition coefficient (Wildman–Crippen LogP) is 4.60. The highest BCUT2D eigenvalue weighted by Crippen LogP contribution is 2.35. The summed E-state index contributed by atoms with van der Waals surface area (Å²) >= 11 is 5.99. The molecule has 0 unspecified atom stereocenters. The second-order valence-electron chi connectivity index (χ2n) is 7.79. The first-order valence-electron chi connectivity index (χ1n) is 9.29. The van der Waals surface area contributed by atoms with Crippen LogP contribution in [0, 0.1) is 0 Å². The van der Waals surface area contributed by atoms with Gasteiger partial charge in [-0.25, -0.2) is 14.7 Å². The van der Waals surface area contributed by atoms with Crippen LogP contribution in [-0.4, -0.2) is 43.6 Å². The fourth-order valence-electron chi connectivity index (χ4n) is 3.49. The quantitative estimate of drug-likeness (QED) is 0.713. The van der Waals surface area contributed by atoms with E-state index >= 15 is 0 Å². The van der Waals surface area contributed by atoms with Gasteiger partial charge in [-0.15, -0.1) is 0 Å². The van der Waals surface area contributed by atoms with Crippen molar-refractivity contribution in [3.05, 3.63) is 23.2 Å². The van der Waals surface area contributed by atoms with Gasteiger partial charge in [-0.2, -0.15) is 4.98 Å². The van der Waals surface area contributed by atoms with Gasteiger partial charge in [0, 0.05) is 24.2 Å². The average Bonchev–Trinajstić information content (AvgIpc) is 3.20. The molecule has 3 rings (SSSR count). The van der Waals surface area contributed by atoms with E-state index in [1.807, 2.05) is 4.57 Å². The van der Waals surface area contributed by atoms with Gasteiger partial charge in [0.1, 0.15) is 16.9 Å². The lowest BCUT2D eigenvalue weighted by Gasteiger charge is -2.26. The van der Waals surface area contributed by atoms with Crippen LogP contribution in [0.5, 0.6) is 0 Å². The van der Waals surface area contributed by atoms with Crippen molar-refractivity contribution >= 4 is 34.6 Å². The molecule has 0 saturated heterocycles. The molecule has 2 heterocycles. The highest BCUT2D eigenvalue weighted by atomic mass is 35.5. The van der Waals surface area contributed by atoms with Gasteiger partial charge >= 0.3 is 6.09 Å². The zero-order valence-electron chi connectivity index (χ0n) is 16.2. The van der Waals surface area contributed by atoms with Crippen LogP contribution in [0.25, 0.3) is 11.0 Å². The van der Waals surface area contributed by atoms with Crippen molar-refractivity contribution in [2.75, 3.05) is 6.54 Å². The van der Waals surface area contributed by atoms with Gasteiger partial charge in [0.15, 0.2) is 0 Å². The number of ether oxygens (including phenoxy) is 1. The first-order valence-corrected chi connectivity index (χ1v) is 9.67. The number of carbonyl (C=O) groups is 2. The number of fused-ring (bicyclic) bond motifs is 1. The molecule has 1 fully saturated rings. The standard InChI is InChI=1S/C19H25ClN4O3/c1-5-23(18(26)27-19(2,3)4)16(25)14-10-12-11-21-17(20)22-15(12)24(14)13-8-6-7-9-13/h10-11,13H,5-9H2,1-4H3. The number of rotatable bonds is 3. The Morgan fingerprint density at radius 2 is 2.00 bits per heavy atom. The predicted molar refractivity (Wildman–Crippen MR) is 103 cm³/mol. The Labute approximate surface area is 163 Å². The molecule has 2 aromatic rings. The maximum atomic E-state index is 13.3. The van der Waals surface area contributed by atoms with Crippen LogP contribution in [-0.2, 0) is 4.74 Å². The maximum Gasteiger partial charge on any atom is 0.417 e. The molecule has 1 aliphatic rings. The second-order valence-corrected chi connectivity index (χ2v) is 8.12. The average molecular weight is 393 g/mol. The van der Waals surface area contributed by atoms with Crippen LogP contribution >= 0.6 is 11.6 Å². The minimum Gasteiger partial charge on any atom is -0.443 e. The van der Waals surface area contributed by atoms with Crippen LogP contribution in [0.2, 0.25) is 5.28 Å². The van der Waals surface area contributed by atoms with Crippen LogP contribution in [0.1, 0.15) is 69.9 Å². The Morgan fingerprint density at radius 3 is 2.59 bits per heavy atom. The van der Waals surface area contributed by atoms with Crippen LogP contribution in [0.15, 0.2) is 12.3 Å². The van der Waals surface area contributed by atoms with Gasteiger partial charge in [0.25, 0.3) is 5.91 Å². The molecule has 2 aromatic heterocycles. The monoisotopic (exact) mass is 392 g/mol. The molecule has 0 aromatic carbocycles. The minimum absolute atomic E-state index is 0.137. The molecular formula is C19H25ClN4O3. The first-order chi connectivity index (χ1) is 12.7. The molecule has 0 aliphatic heterocycles. The molecule has 2 amide bonds. The Bertz CT molecular complexity index is 866. The van der Waals surface area contributed by atoms with Crippen molar-refractivity contribution in [3.63, 3.8) is 0 Å². The summed E-state index contributed by atoms with van der Waals surface area (Å²) in [6.45, 7) is 7.29. The van der Waals surface area contributed by atoms with Crippen molar-refractivity contribution in [3.8, 4) is 0 Å². The van der Waals surface area contributed by atoms with Gasteiger partial charge in [0.05, 0.1) is 0 Å². The van der Waals surface area contributed by atoms with Crippen LogP contribution in [0.3, 0.4) is 0 Å². The number of hydrogen-bond donors (Lipinski definition) is 0. The van der Waals surface area contributed by atoms with Crippen molar-refractivity contribution < 1.29 is 14.3 Å². The molecule has 146 valence electrons. The molecule has 0 spiro atoms. The van der Waals surface area contributed by atoms with E-state index in [-0.39, 0.29) is 17.9 Å². The second kappa shape index (κ2) is 7.46. The zero-order chi connectivity index (χ0) is 19.8. The number of amides is 2. The van der Waals surface area contributed by atoms with Gasteiger partial charge in [-0.1, -0.05) is 12.8 Å². The van der Waals surface area contributed by atoms with E-state index < -0.39 is 17.6 Å². The van der Waals surface area contributed by atoms with Crippen molar-refractivity contribution in [1.82, 2.24) is 19.4 Å². The maximum absolute atomic E-state index is 13.3. The van der Waals surface area contributed by atoms with Crippen LogP contribution < -0.4 is 0 Å². The lowest BCUT2D eigenvalue weighted by atomic mass is 10.2. The molecule has 8 heteroatoms. The largest absolute Gasteiger partial charge is 0.443 e. The minimum atomic E-state index is -0.679. The molecular weight excluding hydrogens is 368 g/mol. The summed E-state index contributed by atoms with van der Waals surface area (Å²) in [6.07, 6.45) is 5.08. The van der Waals surface area contributed by atoms with Crippen LogP contribution in [0.4, 0.5) is 4.79 Å². The number of hydrogen-bond acceptors (Lipinski definition) is 5. The Morgan fingerprint density at radius 1 is 1.33 bits per heavy atom. The highest BCUT2D eigenvalue weighted by Gasteiger charge is 2.32. The van der Waals surface area contributed by atoms with E-state index in [0.29, 0.717) is 11.3 Å². The molecule has 0 N–H and O–H groups in total. The fourth-order valence-corrected chi connectivity index (χ4v) is 3.62.